The number of amides is 2. The summed E-state index contributed by atoms with van der Waals surface area (Å²) in [6, 6.07) is 10.3. The number of carbonyl (C=O) groups excluding carboxylic acids is 2. The van der Waals surface area contributed by atoms with E-state index < -0.39 is 47.3 Å². The number of carboxylic acid groups (broad SMARTS) is 1. The summed E-state index contributed by atoms with van der Waals surface area (Å²) >= 11 is 0. The number of aliphatic hydroxyl groups excluding tert-OH is 1. The van der Waals surface area contributed by atoms with Gasteiger partial charge in [-0.15, -0.1) is 0 Å². The molecule has 5 unspecified atom stereocenters. The van der Waals surface area contributed by atoms with Crippen molar-refractivity contribution in [1.29, 1.82) is 0 Å². The van der Waals surface area contributed by atoms with Crippen LogP contribution in [0.3, 0.4) is 0 Å². The molecule has 0 saturated carbocycles. The number of fused-ring (bicyclic) bond motifs is 2. The second-order valence-electron chi connectivity index (χ2n) is 8.56. The number of carbonyl (C=O) groups is 3. The molecule has 8 heteroatoms. The highest BCUT2D eigenvalue weighted by Gasteiger charge is 2.70. The first-order valence-corrected chi connectivity index (χ1v) is 10.9. The van der Waals surface area contributed by atoms with Crippen LogP contribution >= 0.6 is 0 Å². The lowest BCUT2D eigenvalue weighted by atomic mass is 9.76. The summed E-state index contributed by atoms with van der Waals surface area (Å²) in [5.41, 5.74) is -1.27. The van der Waals surface area contributed by atoms with Crippen LogP contribution in [0.25, 0.3) is 10.8 Å². The first kappa shape index (κ1) is 22.2. The third kappa shape index (κ3) is 3.01. The molecule has 32 heavy (non-hydrogen) atoms. The molecule has 0 radical (unpaired) electrons. The summed E-state index contributed by atoms with van der Waals surface area (Å²) in [6.45, 7) is 3.54. The second kappa shape index (κ2) is 8.18. The number of likely N-dealkylation sites (tertiary alicyclic amines) is 1. The molecular weight excluding hydrogens is 412 g/mol. The van der Waals surface area contributed by atoms with E-state index in [0.717, 1.165) is 17.2 Å². The molecule has 2 aromatic rings. The number of imide groups is 1. The zero-order chi connectivity index (χ0) is 23.2. The summed E-state index contributed by atoms with van der Waals surface area (Å²) in [4.78, 5) is 40.5. The van der Waals surface area contributed by atoms with E-state index in [1.54, 1.807) is 19.2 Å². The lowest BCUT2D eigenvalue weighted by Gasteiger charge is -2.33. The van der Waals surface area contributed by atoms with Crippen molar-refractivity contribution in [2.24, 2.45) is 11.8 Å². The molecule has 2 aliphatic heterocycles. The minimum absolute atomic E-state index is 0.243. The van der Waals surface area contributed by atoms with Gasteiger partial charge >= 0.3 is 5.97 Å². The molecule has 2 heterocycles. The Morgan fingerprint density at radius 3 is 2.47 bits per heavy atom. The molecule has 0 aliphatic carbocycles. The van der Waals surface area contributed by atoms with Crippen LogP contribution in [0.1, 0.15) is 38.3 Å². The van der Waals surface area contributed by atoms with E-state index in [9.17, 15) is 24.6 Å². The average Bonchev–Trinajstić information content (AvgIpc) is 3.26. The lowest BCUT2D eigenvalue weighted by Crippen LogP contribution is -2.62. The normalized spacial score (nSPS) is 28.2. The molecule has 2 aromatic carbocycles. The van der Waals surface area contributed by atoms with Crippen molar-refractivity contribution in [3.63, 3.8) is 0 Å². The second-order valence-corrected chi connectivity index (χ2v) is 8.56. The molecule has 0 aromatic heterocycles. The van der Waals surface area contributed by atoms with E-state index in [2.05, 4.69) is 5.32 Å². The maximum absolute atomic E-state index is 13.4. The largest absolute Gasteiger partial charge is 0.496 e. The van der Waals surface area contributed by atoms with E-state index in [1.165, 1.54) is 11.8 Å². The van der Waals surface area contributed by atoms with Crippen LogP contribution in [0.5, 0.6) is 5.75 Å². The van der Waals surface area contributed by atoms with Gasteiger partial charge in [-0.3, -0.25) is 24.6 Å². The van der Waals surface area contributed by atoms with Crippen LogP contribution in [0.4, 0.5) is 0 Å². The molecule has 2 amide bonds. The molecule has 0 bridgehead atoms. The van der Waals surface area contributed by atoms with Crippen LogP contribution < -0.4 is 10.1 Å². The van der Waals surface area contributed by atoms with E-state index in [-0.39, 0.29) is 6.54 Å². The smallest absolute Gasteiger partial charge is 0.327 e. The van der Waals surface area contributed by atoms with Crippen molar-refractivity contribution >= 4 is 28.6 Å². The number of carboxylic acids is 1. The summed E-state index contributed by atoms with van der Waals surface area (Å²) in [5, 5.41) is 25.4. The van der Waals surface area contributed by atoms with Crippen LogP contribution in [-0.2, 0) is 14.4 Å². The van der Waals surface area contributed by atoms with E-state index in [1.807, 2.05) is 31.2 Å². The Morgan fingerprint density at radius 1 is 1.19 bits per heavy atom. The molecule has 2 aliphatic rings. The summed E-state index contributed by atoms with van der Waals surface area (Å²) < 4.78 is 5.46. The Kier molecular flexibility index (Phi) is 5.68. The number of nitrogens with zero attached hydrogens (tertiary/aromatic N) is 1. The van der Waals surface area contributed by atoms with Gasteiger partial charge in [-0.05, 0) is 30.4 Å². The number of nitrogens with one attached hydrogen (secondary N) is 1. The van der Waals surface area contributed by atoms with Gasteiger partial charge in [0.25, 0.3) is 0 Å². The Morgan fingerprint density at radius 2 is 1.88 bits per heavy atom. The van der Waals surface area contributed by atoms with Gasteiger partial charge in [-0.2, -0.15) is 0 Å². The third-order valence-corrected chi connectivity index (χ3v) is 6.91. The van der Waals surface area contributed by atoms with Crippen LogP contribution in [-0.4, -0.2) is 58.2 Å². The maximum Gasteiger partial charge on any atom is 0.327 e. The SMILES string of the molecule is CCCCN1C(=O)C2C(c3ccc(OC)c4ccccc34)NC(C(=O)O)(C(C)O)C2C1=O. The predicted molar refractivity (Wildman–Crippen MR) is 117 cm³/mol. The fourth-order valence-electron chi connectivity index (χ4n) is 5.31. The Balaban J connectivity index is 1.91. The van der Waals surface area contributed by atoms with Crippen molar-refractivity contribution in [2.75, 3.05) is 13.7 Å². The van der Waals surface area contributed by atoms with Gasteiger partial charge in [0.15, 0.2) is 5.54 Å². The van der Waals surface area contributed by atoms with E-state index in [0.29, 0.717) is 17.7 Å². The Hall–Kier alpha value is -2.97. The van der Waals surface area contributed by atoms with Gasteiger partial charge in [0.05, 0.1) is 25.0 Å². The van der Waals surface area contributed by atoms with E-state index in [4.69, 9.17) is 4.74 Å². The van der Waals surface area contributed by atoms with Gasteiger partial charge in [0.1, 0.15) is 5.75 Å². The molecule has 2 fully saturated rings. The molecule has 8 nitrogen and oxygen atoms in total. The van der Waals surface area contributed by atoms with Crippen LogP contribution in [0.2, 0.25) is 0 Å². The molecule has 5 atom stereocenters. The number of unbranched alkanes of at least 4 members (excludes halogenated alkanes) is 1. The monoisotopic (exact) mass is 440 g/mol. The highest BCUT2D eigenvalue weighted by atomic mass is 16.5. The molecule has 0 spiro atoms. The highest BCUT2D eigenvalue weighted by molar-refractivity contribution is 6.10. The van der Waals surface area contributed by atoms with Crippen molar-refractivity contribution < 1.29 is 29.3 Å². The van der Waals surface area contributed by atoms with Crippen molar-refractivity contribution in [1.82, 2.24) is 10.2 Å². The van der Waals surface area contributed by atoms with Gasteiger partial charge < -0.3 is 14.9 Å². The van der Waals surface area contributed by atoms with Gasteiger partial charge in [0.2, 0.25) is 11.8 Å². The zero-order valence-electron chi connectivity index (χ0n) is 18.4. The number of hydrogen-bond acceptors (Lipinski definition) is 6. The Bertz CT molecular complexity index is 1080. The van der Waals surface area contributed by atoms with Crippen molar-refractivity contribution in [2.45, 2.75) is 44.4 Å². The standard InChI is InChI=1S/C24H28N2O6/c1-4-5-12-26-21(28)18-19(22(26)29)24(13(2)27,23(30)31)25-20(18)16-10-11-17(32-3)15-9-7-6-8-14(15)16/h6-11,13,18-20,25,27H,4-5,12H2,1-3H3,(H,30,31). The number of rotatable bonds is 7. The summed E-state index contributed by atoms with van der Waals surface area (Å²) in [7, 11) is 1.57. The quantitative estimate of drug-likeness (QED) is 0.565. The fourth-order valence-corrected chi connectivity index (χ4v) is 5.31. The van der Waals surface area contributed by atoms with Gasteiger partial charge in [-0.1, -0.05) is 43.7 Å². The first-order chi connectivity index (χ1) is 15.3. The number of aliphatic hydroxyl groups is 1. The summed E-state index contributed by atoms with van der Waals surface area (Å²) in [5.74, 6) is -3.75. The number of methoxy groups -OCH3 is 1. The van der Waals surface area contributed by atoms with Crippen molar-refractivity contribution in [3.05, 3.63) is 42.0 Å². The third-order valence-electron chi connectivity index (χ3n) is 6.91. The molecule has 3 N–H and O–H groups in total. The number of benzene rings is 2. The minimum atomic E-state index is -1.97. The molecule has 2 saturated heterocycles. The van der Waals surface area contributed by atoms with Crippen LogP contribution in [0, 0.1) is 11.8 Å². The maximum atomic E-state index is 13.4. The zero-order valence-corrected chi connectivity index (χ0v) is 18.4. The fraction of sp³-hybridized carbons (Fsp3) is 0.458. The number of aliphatic carboxylic acids is 1. The molecular formula is C24H28N2O6. The summed E-state index contributed by atoms with van der Waals surface area (Å²) in [6.07, 6.45) is 0.0253. The highest BCUT2D eigenvalue weighted by Crippen LogP contribution is 2.51. The minimum Gasteiger partial charge on any atom is -0.496 e. The first-order valence-electron chi connectivity index (χ1n) is 10.9. The van der Waals surface area contributed by atoms with Gasteiger partial charge in [0, 0.05) is 18.0 Å². The number of hydrogen-bond donors (Lipinski definition) is 3. The Labute approximate surface area is 186 Å². The molecule has 170 valence electrons. The topological polar surface area (TPSA) is 116 Å². The van der Waals surface area contributed by atoms with Gasteiger partial charge in [-0.25, -0.2) is 0 Å². The van der Waals surface area contributed by atoms with Crippen molar-refractivity contribution in [3.8, 4) is 5.75 Å². The predicted octanol–water partition coefficient (Wildman–Crippen LogP) is 2.10. The lowest BCUT2D eigenvalue weighted by molar-refractivity contribution is -0.156. The molecule has 4 rings (SSSR count). The van der Waals surface area contributed by atoms with E-state index >= 15 is 0 Å². The average molecular weight is 440 g/mol. The van der Waals surface area contributed by atoms with Crippen LogP contribution in [0.15, 0.2) is 36.4 Å². The number of ether oxygens (including phenoxy) is 1.